The summed E-state index contributed by atoms with van der Waals surface area (Å²) in [6.07, 6.45) is 1.02. The molecule has 0 heterocycles. The van der Waals surface area contributed by atoms with Gasteiger partial charge in [0.05, 0.1) is 0 Å². The summed E-state index contributed by atoms with van der Waals surface area (Å²) in [6, 6.07) is 9.21. The summed E-state index contributed by atoms with van der Waals surface area (Å²) < 4.78 is 0. The predicted octanol–water partition coefficient (Wildman–Crippen LogP) is 2.40. The lowest BCUT2D eigenvalue weighted by molar-refractivity contribution is 1.14. The minimum atomic E-state index is 1.01. The van der Waals surface area contributed by atoms with Crippen LogP contribution in [0.2, 0.25) is 0 Å². The third kappa shape index (κ3) is 1.64. The first-order chi connectivity index (χ1) is 4.86. The van der Waals surface area contributed by atoms with Gasteiger partial charge in [0.25, 0.3) is 0 Å². The minimum absolute atomic E-state index is 1.01. The summed E-state index contributed by atoms with van der Waals surface area (Å²) in [6.45, 7) is 2.11. The third-order valence-corrected chi connectivity index (χ3v) is 1.64. The van der Waals surface area contributed by atoms with Gasteiger partial charge in [0, 0.05) is 5.37 Å². The van der Waals surface area contributed by atoms with Crippen LogP contribution in [0.5, 0.6) is 0 Å². The quantitative estimate of drug-likeness (QED) is 0.582. The first-order valence-electron chi connectivity index (χ1n) is 3.33. The van der Waals surface area contributed by atoms with E-state index in [1.807, 2.05) is 12.1 Å². The van der Waals surface area contributed by atoms with Gasteiger partial charge in [-0.3, -0.25) is 0 Å². The van der Waals surface area contributed by atoms with E-state index in [1.54, 1.807) is 5.37 Å². The van der Waals surface area contributed by atoms with Crippen LogP contribution in [0.4, 0.5) is 0 Å². The van der Waals surface area contributed by atoms with E-state index < -0.39 is 0 Å². The van der Waals surface area contributed by atoms with Gasteiger partial charge < -0.3 is 0 Å². The maximum Gasteiger partial charge on any atom is 0.00924 e. The molecule has 0 fully saturated rings. The van der Waals surface area contributed by atoms with Crippen molar-refractivity contribution in [3.8, 4) is 0 Å². The molecule has 0 aliphatic heterocycles. The second-order valence-corrected chi connectivity index (χ2v) is 2.34. The molecule has 10 heavy (non-hydrogen) atoms. The van der Waals surface area contributed by atoms with Crippen LogP contribution in [0, 0.1) is 6.07 Å². The van der Waals surface area contributed by atoms with Crippen LogP contribution in [-0.4, -0.2) is 5.37 Å². The molecule has 1 rings (SSSR count). The number of hydrogen-bond acceptors (Lipinski definition) is 1. The van der Waals surface area contributed by atoms with E-state index in [0.29, 0.717) is 0 Å². The van der Waals surface area contributed by atoms with Crippen molar-refractivity contribution in [2.24, 2.45) is 0 Å². The Morgan fingerprint density at radius 1 is 1.60 bits per heavy atom. The van der Waals surface area contributed by atoms with E-state index in [4.69, 9.17) is 12.2 Å². The Bertz CT molecular complexity index is 228. The van der Waals surface area contributed by atoms with Gasteiger partial charge in [-0.1, -0.05) is 37.3 Å². The van der Waals surface area contributed by atoms with Crippen molar-refractivity contribution in [2.75, 3.05) is 0 Å². The van der Waals surface area contributed by atoms with Crippen LogP contribution in [0.25, 0.3) is 0 Å². The molecular formula is C9H9S. The van der Waals surface area contributed by atoms with E-state index in [1.165, 1.54) is 5.56 Å². The molecule has 0 atom stereocenters. The Morgan fingerprint density at radius 3 is 3.00 bits per heavy atom. The van der Waals surface area contributed by atoms with Gasteiger partial charge in [0.2, 0.25) is 0 Å². The molecule has 0 saturated carbocycles. The Kier molecular flexibility index (Phi) is 2.57. The fraction of sp³-hybridized carbons (Fsp3) is 0.222. The average Bonchev–Trinajstić information content (AvgIpc) is 2.05. The van der Waals surface area contributed by atoms with Gasteiger partial charge in [-0.15, -0.1) is 0 Å². The Hall–Kier alpha value is -0.690. The van der Waals surface area contributed by atoms with Gasteiger partial charge in [-0.25, -0.2) is 0 Å². The molecule has 0 aliphatic rings. The van der Waals surface area contributed by atoms with Gasteiger partial charge in [-0.2, -0.15) is 0 Å². The van der Waals surface area contributed by atoms with Crippen LogP contribution in [-0.2, 0) is 6.42 Å². The fourth-order valence-electron chi connectivity index (χ4n) is 0.812. The Balaban J connectivity index is 2.98. The van der Waals surface area contributed by atoms with Crippen molar-refractivity contribution in [3.63, 3.8) is 0 Å². The lowest BCUT2D eigenvalue weighted by Gasteiger charge is -1.94. The smallest absolute Gasteiger partial charge is 0.00924 e. The van der Waals surface area contributed by atoms with E-state index in [0.717, 1.165) is 12.0 Å². The molecule has 0 bridgehead atoms. The molecule has 0 N–H and O–H groups in total. The molecule has 0 unspecified atom stereocenters. The van der Waals surface area contributed by atoms with E-state index in [-0.39, 0.29) is 0 Å². The Labute approximate surface area is 66.9 Å². The van der Waals surface area contributed by atoms with Crippen molar-refractivity contribution >= 4 is 17.6 Å². The zero-order chi connectivity index (χ0) is 7.40. The van der Waals surface area contributed by atoms with Crippen LogP contribution in [0.15, 0.2) is 18.2 Å². The lowest BCUT2D eigenvalue weighted by atomic mass is 10.1. The fourth-order valence-corrected chi connectivity index (χ4v) is 0.949. The van der Waals surface area contributed by atoms with Crippen LogP contribution in [0.3, 0.4) is 0 Å². The van der Waals surface area contributed by atoms with E-state index in [2.05, 4.69) is 19.1 Å². The molecule has 1 radical (unpaired) electrons. The van der Waals surface area contributed by atoms with E-state index >= 15 is 0 Å². The summed E-state index contributed by atoms with van der Waals surface area (Å²) in [5.74, 6) is 0. The monoisotopic (exact) mass is 149 g/mol. The first kappa shape index (κ1) is 7.42. The van der Waals surface area contributed by atoms with Crippen molar-refractivity contribution in [3.05, 3.63) is 35.4 Å². The summed E-state index contributed by atoms with van der Waals surface area (Å²) in [5.41, 5.74) is 2.23. The topological polar surface area (TPSA) is 0 Å². The first-order valence-corrected chi connectivity index (χ1v) is 3.80. The maximum absolute atomic E-state index is 4.77. The molecule has 0 aromatic heterocycles. The van der Waals surface area contributed by atoms with Crippen LogP contribution in [0.1, 0.15) is 18.1 Å². The second-order valence-electron chi connectivity index (χ2n) is 2.10. The van der Waals surface area contributed by atoms with Crippen molar-refractivity contribution in [2.45, 2.75) is 13.3 Å². The summed E-state index contributed by atoms with van der Waals surface area (Å²) in [7, 11) is 0. The highest BCUT2D eigenvalue weighted by atomic mass is 32.1. The number of aryl methyl sites for hydroxylation is 1. The highest BCUT2D eigenvalue weighted by molar-refractivity contribution is 7.79. The minimum Gasteiger partial charge on any atom is -0.0881 e. The standard InChI is InChI=1S/C9H9S/c1-2-8-4-3-5-9(6-8)7-10/h3-5,7H,2H2,1H3. The summed E-state index contributed by atoms with van der Waals surface area (Å²) in [5, 5.41) is 1.65. The highest BCUT2D eigenvalue weighted by Crippen LogP contribution is 2.02. The zero-order valence-electron chi connectivity index (χ0n) is 5.92. The van der Waals surface area contributed by atoms with Gasteiger partial charge in [-0.05, 0) is 23.6 Å². The predicted molar refractivity (Wildman–Crippen MR) is 47.4 cm³/mol. The average molecular weight is 149 g/mol. The molecule has 1 aromatic carbocycles. The number of hydrogen-bond donors (Lipinski definition) is 0. The number of benzene rings is 1. The lowest BCUT2D eigenvalue weighted by Crippen LogP contribution is -1.83. The molecule has 1 heteroatoms. The molecule has 0 amide bonds. The largest absolute Gasteiger partial charge is 0.0881 e. The van der Waals surface area contributed by atoms with E-state index in [9.17, 15) is 0 Å². The molecule has 0 spiro atoms. The molecular weight excluding hydrogens is 140 g/mol. The normalized spacial score (nSPS) is 9.30. The third-order valence-electron chi connectivity index (χ3n) is 1.39. The van der Waals surface area contributed by atoms with Crippen LogP contribution < -0.4 is 0 Å². The molecule has 51 valence electrons. The van der Waals surface area contributed by atoms with Crippen molar-refractivity contribution in [1.29, 1.82) is 0 Å². The molecule has 0 nitrogen and oxygen atoms in total. The second kappa shape index (κ2) is 3.47. The molecule has 1 aromatic rings. The SMILES string of the molecule is CCc1[c]c(C=S)ccc1. The summed E-state index contributed by atoms with van der Waals surface area (Å²) >= 11 is 4.77. The van der Waals surface area contributed by atoms with Gasteiger partial charge in [0.1, 0.15) is 0 Å². The molecule has 0 saturated heterocycles. The van der Waals surface area contributed by atoms with Gasteiger partial charge >= 0.3 is 0 Å². The summed E-state index contributed by atoms with van der Waals surface area (Å²) in [4.78, 5) is 0. The number of thiocarbonyl (C=S) groups is 1. The van der Waals surface area contributed by atoms with Crippen LogP contribution >= 0.6 is 12.2 Å². The number of rotatable bonds is 2. The maximum atomic E-state index is 4.77. The van der Waals surface area contributed by atoms with Crippen molar-refractivity contribution < 1.29 is 0 Å². The van der Waals surface area contributed by atoms with Crippen molar-refractivity contribution in [1.82, 2.24) is 0 Å². The van der Waals surface area contributed by atoms with Gasteiger partial charge in [0.15, 0.2) is 0 Å². The molecule has 0 aliphatic carbocycles. The zero-order valence-corrected chi connectivity index (χ0v) is 6.74. The Morgan fingerprint density at radius 2 is 2.40 bits per heavy atom. The highest BCUT2D eigenvalue weighted by Gasteiger charge is 1.89.